The number of rotatable bonds is 5. The molecule has 0 bridgehead atoms. The lowest BCUT2D eigenvalue weighted by molar-refractivity contribution is -0.0351. The number of hydrogen-bond donors (Lipinski definition) is 1. The third-order valence-corrected chi connectivity index (χ3v) is 5.82. The van der Waals surface area contributed by atoms with E-state index in [2.05, 4.69) is 24.4 Å². The van der Waals surface area contributed by atoms with Gasteiger partial charge in [-0.05, 0) is 44.2 Å². The molecule has 1 N–H and O–H groups in total. The molecule has 3 rings (SSSR count). The van der Waals surface area contributed by atoms with Crippen LogP contribution in [0.5, 0.6) is 0 Å². The highest BCUT2D eigenvalue weighted by Crippen LogP contribution is 2.43. The van der Waals surface area contributed by atoms with Crippen LogP contribution in [-0.2, 0) is 17.7 Å². The van der Waals surface area contributed by atoms with Crippen molar-refractivity contribution < 1.29 is 4.74 Å². The van der Waals surface area contributed by atoms with Crippen LogP contribution in [0.15, 0.2) is 12.1 Å². The Hall–Kier alpha value is -0.380. The Morgan fingerprint density at radius 1 is 1.26 bits per heavy atom. The largest absolute Gasteiger partial charge is 0.370 e. The van der Waals surface area contributed by atoms with Crippen molar-refractivity contribution in [3.63, 3.8) is 0 Å². The van der Waals surface area contributed by atoms with Crippen LogP contribution in [0.3, 0.4) is 0 Å². The van der Waals surface area contributed by atoms with Gasteiger partial charge < -0.3 is 10.1 Å². The molecule has 1 aromatic rings. The van der Waals surface area contributed by atoms with E-state index in [-0.39, 0.29) is 5.60 Å². The van der Waals surface area contributed by atoms with E-state index in [0.29, 0.717) is 6.10 Å². The van der Waals surface area contributed by atoms with Gasteiger partial charge in [-0.1, -0.05) is 19.8 Å². The van der Waals surface area contributed by atoms with Crippen molar-refractivity contribution >= 4 is 11.3 Å². The van der Waals surface area contributed by atoms with Crippen LogP contribution in [0.25, 0.3) is 0 Å². The van der Waals surface area contributed by atoms with Crippen molar-refractivity contribution in [2.75, 3.05) is 6.54 Å². The van der Waals surface area contributed by atoms with Gasteiger partial charge in [0.2, 0.25) is 0 Å². The zero-order chi connectivity index (χ0) is 13.1. The van der Waals surface area contributed by atoms with Crippen molar-refractivity contribution in [1.82, 2.24) is 5.32 Å². The van der Waals surface area contributed by atoms with Gasteiger partial charge in [-0.15, -0.1) is 11.3 Å². The van der Waals surface area contributed by atoms with Crippen molar-refractivity contribution in [3.8, 4) is 0 Å². The van der Waals surface area contributed by atoms with Gasteiger partial charge in [0.1, 0.15) is 0 Å². The molecule has 0 radical (unpaired) electrons. The van der Waals surface area contributed by atoms with E-state index < -0.39 is 0 Å². The number of nitrogens with one attached hydrogen (secondary N) is 1. The van der Waals surface area contributed by atoms with Gasteiger partial charge in [0, 0.05) is 22.8 Å². The van der Waals surface area contributed by atoms with Crippen LogP contribution in [0, 0.1) is 0 Å². The average molecular weight is 279 g/mol. The minimum atomic E-state index is 0.282. The van der Waals surface area contributed by atoms with Gasteiger partial charge in [0.05, 0.1) is 11.7 Å². The molecular formula is C16H25NOS. The van der Waals surface area contributed by atoms with Crippen LogP contribution >= 0.6 is 11.3 Å². The third kappa shape index (κ3) is 3.21. The summed E-state index contributed by atoms with van der Waals surface area (Å²) in [4.78, 5) is 2.93. The van der Waals surface area contributed by atoms with E-state index in [1.165, 1.54) is 48.3 Å². The molecule has 1 aliphatic heterocycles. The first kappa shape index (κ1) is 13.6. The van der Waals surface area contributed by atoms with Gasteiger partial charge in [0.25, 0.3) is 0 Å². The van der Waals surface area contributed by atoms with Crippen LogP contribution in [0.2, 0.25) is 0 Å². The highest BCUT2D eigenvalue weighted by atomic mass is 32.1. The summed E-state index contributed by atoms with van der Waals surface area (Å²) in [5.41, 5.74) is 0.282. The van der Waals surface area contributed by atoms with Crippen molar-refractivity contribution in [2.45, 2.75) is 70.1 Å². The van der Waals surface area contributed by atoms with Crippen molar-refractivity contribution in [1.29, 1.82) is 0 Å². The van der Waals surface area contributed by atoms with Crippen molar-refractivity contribution in [2.24, 2.45) is 0 Å². The second kappa shape index (κ2) is 5.94. The van der Waals surface area contributed by atoms with E-state index >= 15 is 0 Å². The number of hydrogen-bond acceptors (Lipinski definition) is 3. The van der Waals surface area contributed by atoms with Crippen LogP contribution in [0.4, 0.5) is 0 Å². The van der Waals surface area contributed by atoms with Gasteiger partial charge in [-0.25, -0.2) is 0 Å². The maximum absolute atomic E-state index is 6.32. The molecule has 2 aliphatic rings. The highest BCUT2D eigenvalue weighted by molar-refractivity contribution is 7.11. The van der Waals surface area contributed by atoms with Gasteiger partial charge in [-0.3, -0.25) is 0 Å². The molecule has 1 spiro atoms. The fourth-order valence-corrected chi connectivity index (χ4v) is 4.42. The summed E-state index contributed by atoms with van der Waals surface area (Å²) in [5.74, 6) is 0. The lowest BCUT2D eigenvalue weighted by atomic mass is 9.98. The van der Waals surface area contributed by atoms with E-state index in [0.717, 1.165) is 19.5 Å². The number of aryl methyl sites for hydroxylation is 1. The molecule has 1 aliphatic carbocycles. The van der Waals surface area contributed by atoms with Gasteiger partial charge in [-0.2, -0.15) is 0 Å². The van der Waals surface area contributed by atoms with Crippen molar-refractivity contribution in [3.05, 3.63) is 21.9 Å². The first-order chi connectivity index (χ1) is 9.30. The molecule has 0 amide bonds. The average Bonchev–Trinajstić information content (AvgIpc) is 3.13. The second-order valence-corrected chi connectivity index (χ2v) is 7.27. The Morgan fingerprint density at radius 2 is 2.05 bits per heavy atom. The summed E-state index contributed by atoms with van der Waals surface area (Å²) in [5, 5.41) is 3.57. The fourth-order valence-electron chi connectivity index (χ4n) is 3.49. The topological polar surface area (TPSA) is 21.3 Å². The lowest BCUT2D eigenvalue weighted by Crippen LogP contribution is -2.30. The Morgan fingerprint density at radius 3 is 2.79 bits per heavy atom. The molecule has 1 atom stereocenters. The minimum Gasteiger partial charge on any atom is -0.370 e. The normalized spacial score (nSPS) is 25.4. The smallest absolute Gasteiger partial charge is 0.0708 e. The Bertz CT molecular complexity index is 409. The first-order valence-electron chi connectivity index (χ1n) is 7.76. The van der Waals surface area contributed by atoms with Gasteiger partial charge >= 0.3 is 0 Å². The molecule has 1 aromatic heterocycles. The van der Waals surface area contributed by atoms with Crippen LogP contribution in [0.1, 0.15) is 55.2 Å². The second-order valence-electron chi connectivity index (χ2n) is 6.02. The fraction of sp³-hybridized carbons (Fsp3) is 0.750. The molecule has 1 unspecified atom stereocenters. The molecule has 106 valence electrons. The zero-order valence-electron chi connectivity index (χ0n) is 11.9. The molecule has 19 heavy (non-hydrogen) atoms. The summed E-state index contributed by atoms with van der Waals surface area (Å²) in [6.07, 6.45) is 9.48. The predicted molar refractivity (Wildman–Crippen MR) is 80.7 cm³/mol. The molecule has 2 fully saturated rings. The molecular weight excluding hydrogens is 254 g/mol. The maximum Gasteiger partial charge on any atom is 0.0708 e. The lowest BCUT2D eigenvalue weighted by Gasteiger charge is -2.23. The predicted octanol–water partition coefficient (Wildman–Crippen LogP) is 3.89. The molecule has 1 saturated carbocycles. The highest BCUT2D eigenvalue weighted by Gasteiger charge is 2.41. The maximum atomic E-state index is 6.32. The number of ether oxygens (including phenoxy) is 1. The standard InChI is InChI=1S/C16H25NOS/c1-2-14-5-6-15(19-14)12-17-11-13-7-10-16(18-13)8-3-4-9-16/h5-6,13,17H,2-4,7-12H2,1H3. The zero-order valence-corrected chi connectivity index (χ0v) is 12.7. The van der Waals surface area contributed by atoms with E-state index in [1.54, 1.807) is 0 Å². The van der Waals surface area contributed by atoms with E-state index in [9.17, 15) is 0 Å². The quantitative estimate of drug-likeness (QED) is 0.883. The number of thiophene rings is 1. The molecule has 2 nitrogen and oxygen atoms in total. The summed E-state index contributed by atoms with van der Waals surface area (Å²) in [6, 6.07) is 4.51. The Kier molecular flexibility index (Phi) is 4.25. The van der Waals surface area contributed by atoms with Crippen LogP contribution in [-0.4, -0.2) is 18.2 Å². The summed E-state index contributed by atoms with van der Waals surface area (Å²) in [7, 11) is 0. The molecule has 1 saturated heterocycles. The molecule has 0 aromatic carbocycles. The first-order valence-corrected chi connectivity index (χ1v) is 8.57. The molecule has 3 heteroatoms. The van der Waals surface area contributed by atoms with E-state index in [4.69, 9.17) is 4.74 Å². The summed E-state index contributed by atoms with van der Waals surface area (Å²) in [6.45, 7) is 4.23. The van der Waals surface area contributed by atoms with Crippen LogP contribution < -0.4 is 5.32 Å². The Balaban J connectivity index is 1.41. The summed E-state index contributed by atoms with van der Waals surface area (Å²) < 4.78 is 6.32. The SMILES string of the molecule is CCc1ccc(CNCC2CCC3(CCCC3)O2)s1. The van der Waals surface area contributed by atoms with E-state index in [1.807, 2.05) is 11.3 Å². The molecule has 2 heterocycles. The Labute approximate surface area is 120 Å². The van der Waals surface area contributed by atoms with Gasteiger partial charge in [0.15, 0.2) is 0 Å². The monoisotopic (exact) mass is 279 g/mol. The third-order valence-electron chi connectivity index (χ3n) is 4.59. The summed E-state index contributed by atoms with van der Waals surface area (Å²) >= 11 is 1.93. The minimum absolute atomic E-state index is 0.282.